The molecule has 0 atom stereocenters. The predicted molar refractivity (Wildman–Crippen MR) is 122 cm³/mol. The van der Waals surface area contributed by atoms with Gasteiger partial charge in [-0.3, -0.25) is 19.7 Å². The molecule has 3 aromatic rings. The van der Waals surface area contributed by atoms with Crippen LogP contribution in [0.25, 0.3) is 0 Å². The molecule has 2 aromatic carbocycles. The van der Waals surface area contributed by atoms with Crippen molar-refractivity contribution in [2.24, 2.45) is 5.10 Å². The molecule has 1 aromatic heterocycles. The van der Waals surface area contributed by atoms with Crippen molar-refractivity contribution in [3.05, 3.63) is 92.4 Å². The van der Waals surface area contributed by atoms with Gasteiger partial charge >= 0.3 is 0 Å². The van der Waals surface area contributed by atoms with Crippen LogP contribution in [0.3, 0.4) is 0 Å². The Bertz CT molecular complexity index is 1350. The lowest BCUT2D eigenvalue weighted by Gasteiger charge is -2.13. The smallest absolute Gasteiger partial charge is 0.291 e. The van der Waals surface area contributed by atoms with E-state index in [0.717, 1.165) is 12.1 Å². The number of carbonyl (C=O) groups is 2. The van der Waals surface area contributed by atoms with E-state index in [-0.39, 0.29) is 23.6 Å². The van der Waals surface area contributed by atoms with Crippen LogP contribution in [0.2, 0.25) is 0 Å². The fourth-order valence-electron chi connectivity index (χ4n) is 3.86. The van der Waals surface area contributed by atoms with Crippen molar-refractivity contribution >= 4 is 28.9 Å². The number of aryl methyl sites for hydroxylation is 1. The number of benzene rings is 2. The van der Waals surface area contributed by atoms with E-state index >= 15 is 0 Å². The van der Waals surface area contributed by atoms with E-state index in [0.29, 0.717) is 53.5 Å². The maximum atomic E-state index is 13.9. The Labute approximate surface area is 198 Å². The molecule has 0 spiro atoms. The molecule has 2 N–H and O–H groups in total. The summed E-state index contributed by atoms with van der Waals surface area (Å²) >= 11 is 0. The number of hydrogen-bond acceptors (Lipinski definition) is 6. The average molecular weight is 482 g/mol. The minimum Gasteiger partial charge on any atom is -0.455 e. The molecule has 1 aliphatic rings. The van der Waals surface area contributed by atoms with Crippen molar-refractivity contribution in [2.75, 3.05) is 5.32 Å². The molecule has 2 amide bonds. The molecular weight excluding hydrogens is 462 g/mol. The number of fused-ring (bicyclic) bond motifs is 1. The highest BCUT2D eigenvalue weighted by Gasteiger charge is 2.28. The van der Waals surface area contributed by atoms with Gasteiger partial charge < -0.3 is 9.73 Å². The second kappa shape index (κ2) is 9.84. The molecule has 0 bridgehead atoms. The standard InChI is InChI=1S/C24H20F2N4O5/c1-13-22-19(28-29-21(31)11-14-5-8-16(9-6-14)30(33)34)3-2-4-20(22)35-23(13)24(32)27-18-10-7-15(25)12-17(18)26/h5-10,12H,2-4,11H2,1H3,(H,27,32)(H,29,31)/b28-19+. The van der Waals surface area contributed by atoms with Crippen LogP contribution >= 0.6 is 0 Å². The Balaban J connectivity index is 1.48. The van der Waals surface area contributed by atoms with Crippen LogP contribution in [0.5, 0.6) is 0 Å². The SMILES string of the molecule is Cc1c(C(=O)Nc2ccc(F)cc2F)oc2c1/C(=N/NC(=O)Cc1ccc([N+](=O)[O-])cc1)CCC2. The van der Waals surface area contributed by atoms with E-state index < -0.39 is 28.4 Å². The topological polar surface area (TPSA) is 127 Å². The van der Waals surface area contributed by atoms with Gasteiger partial charge in [-0.15, -0.1) is 0 Å². The third kappa shape index (κ3) is 5.24. The number of nitro groups is 1. The first kappa shape index (κ1) is 23.7. The molecule has 9 nitrogen and oxygen atoms in total. The Hall–Kier alpha value is -4.41. The lowest BCUT2D eigenvalue weighted by atomic mass is 9.93. The molecule has 0 unspecified atom stereocenters. The number of carbonyl (C=O) groups excluding carboxylic acids is 2. The van der Waals surface area contributed by atoms with Crippen molar-refractivity contribution in [1.29, 1.82) is 0 Å². The lowest BCUT2D eigenvalue weighted by Crippen LogP contribution is -2.23. The number of non-ortho nitro benzene ring substituents is 1. The highest BCUT2D eigenvalue weighted by molar-refractivity contribution is 6.09. The first-order valence-corrected chi connectivity index (χ1v) is 10.7. The summed E-state index contributed by atoms with van der Waals surface area (Å²) in [5, 5.41) is 17.4. The van der Waals surface area contributed by atoms with Gasteiger partial charge in [0.15, 0.2) is 5.76 Å². The van der Waals surface area contributed by atoms with Crippen LogP contribution in [0.4, 0.5) is 20.2 Å². The van der Waals surface area contributed by atoms with Gasteiger partial charge in [-0.2, -0.15) is 5.10 Å². The number of amides is 2. The third-order valence-electron chi connectivity index (χ3n) is 5.54. The number of anilines is 1. The van der Waals surface area contributed by atoms with Crippen molar-refractivity contribution in [2.45, 2.75) is 32.6 Å². The molecule has 1 heterocycles. The van der Waals surface area contributed by atoms with E-state index in [1.807, 2.05) is 0 Å². The van der Waals surface area contributed by atoms with Crippen molar-refractivity contribution < 1.29 is 27.7 Å². The van der Waals surface area contributed by atoms with Gasteiger partial charge in [0.05, 0.1) is 22.7 Å². The summed E-state index contributed by atoms with van der Waals surface area (Å²) in [6.07, 6.45) is 1.76. The molecule has 11 heteroatoms. The van der Waals surface area contributed by atoms with Crippen molar-refractivity contribution in [3.8, 4) is 0 Å². The monoisotopic (exact) mass is 482 g/mol. The zero-order valence-electron chi connectivity index (χ0n) is 18.6. The van der Waals surface area contributed by atoms with E-state index in [1.165, 1.54) is 24.3 Å². The number of hydrazone groups is 1. The summed E-state index contributed by atoms with van der Waals surface area (Å²) in [6.45, 7) is 1.66. The summed E-state index contributed by atoms with van der Waals surface area (Å²) in [7, 11) is 0. The fourth-order valence-corrected chi connectivity index (χ4v) is 3.86. The largest absolute Gasteiger partial charge is 0.455 e. The average Bonchev–Trinajstić information content (AvgIpc) is 3.17. The summed E-state index contributed by atoms with van der Waals surface area (Å²) < 4.78 is 32.8. The maximum absolute atomic E-state index is 13.9. The van der Waals surface area contributed by atoms with Gasteiger partial charge in [-0.05, 0) is 37.5 Å². The quantitative estimate of drug-likeness (QED) is 0.397. The molecular formula is C24H20F2N4O5. The lowest BCUT2D eigenvalue weighted by molar-refractivity contribution is -0.384. The Kier molecular flexibility index (Phi) is 6.67. The maximum Gasteiger partial charge on any atom is 0.291 e. The van der Waals surface area contributed by atoms with E-state index in [2.05, 4.69) is 15.8 Å². The molecule has 1 aliphatic carbocycles. The van der Waals surface area contributed by atoms with E-state index in [4.69, 9.17) is 4.42 Å². The predicted octanol–water partition coefficient (Wildman–Crippen LogP) is 4.43. The second-order valence-electron chi connectivity index (χ2n) is 7.98. The van der Waals surface area contributed by atoms with Gasteiger partial charge in [0.25, 0.3) is 11.6 Å². The molecule has 0 saturated heterocycles. The van der Waals surface area contributed by atoms with E-state index in [9.17, 15) is 28.5 Å². The summed E-state index contributed by atoms with van der Waals surface area (Å²) in [6, 6.07) is 8.45. The second-order valence-corrected chi connectivity index (χ2v) is 7.98. The first-order chi connectivity index (χ1) is 16.7. The third-order valence-corrected chi connectivity index (χ3v) is 5.54. The van der Waals surface area contributed by atoms with Gasteiger partial charge in [0.2, 0.25) is 5.91 Å². The van der Waals surface area contributed by atoms with Gasteiger partial charge in [-0.1, -0.05) is 12.1 Å². The summed E-state index contributed by atoms with van der Waals surface area (Å²) in [5.74, 6) is -2.27. The van der Waals surface area contributed by atoms with Gasteiger partial charge in [-0.25, -0.2) is 14.2 Å². The van der Waals surface area contributed by atoms with Crippen LogP contribution in [-0.2, 0) is 17.6 Å². The number of furan rings is 1. The molecule has 0 saturated carbocycles. The number of hydrogen-bond donors (Lipinski definition) is 2. The number of nitrogens with one attached hydrogen (secondary N) is 2. The molecule has 0 aliphatic heterocycles. The zero-order chi connectivity index (χ0) is 25.1. The highest BCUT2D eigenvalue weighted by atomic mass is 19.1. The Morgan fingerprint density at radius 3 is 2.57 bits per heavy atom. The number of nitrogens with zero attached hydrogens (tertiary/aromatic N) is 2. The van der Waals surface area contributed by atoms with Crippen LogP contribution in [0.1, 0.15) is 45.8 Å². The van der Waals surface area contributed by atoms with E-state index in [1.54, 1.807) is 6.92 Å². The van der Waals surface area contributed by atoms with Crippen LogP contribution in [0.15, 0.2) is 52.0 Å². The van der Waals surface area contributed by atoms with Crippen LogP contribution < -0.4 is 10.7 Å². The molecule has 35 heavy (non-hydrogen) atoms. The van der Waals surface area contributed by atoms with Gasteiger partial charge in [0.1, 0.15) is 17.4 Å². The van der Waals surface area contributed by atoms with Gasteiger partial charge in [0, 0.05) is 35.7 Å². The van der Waals surface area contributed by atoms with Crippen molar-refractivity contribution in [1.82, 2.24) is 5.43 Å². The minimum absolute atomic E-state index is 0.0227. The normalized spacial score (nSPS) is 13.9. The highest BCUT2D eigenvalue weighted by Crippen LogP contribution is 2.30. The number of halogens is 2. The molecule has 0 radical (unpaired) electrons. The summed E-state index contributed by atoms with van der Waals surface area (Å²) in [5.41, 5.74) is 4.46. The zero-order valence-corrected chi connectivity index (χ0v) is 18.6. The molecule has 4 rings (SSSR count). The Morgan fingerprint density at radius 1 is 1.14 bits per heavy atom. The van der Waals surface area contributed by atoms with Crippen LogP contribution in [-0.4, -0.2) is 22.4 Å². The molecule has 0 fully saturated rings. The molecule has 180 valence electrons. The Morgan fingerprint density at radius 2 is 1.89 bits per heavy atom. The first-order valence-electron chi connectivity index (χ1n) is 10.7. The number of nitro benzene ring substituents is 1. The van der Waals surface area contributed by atoms with Crippen LogP contribution in [0, 0.1) is 28.7 Å². The van der Waals surface area contributed by atoms with Crippen molar-refractivity contribution in [3.63, 3.8) is 0 Å². The fraction of sp³-hybridized carbons (Fsp3) is 0.208. The minimum atomic E-state index is -0.912. The number of rotatable bonds is 6. The summed E-state index contributed by atoms with van der Waals surface area (Å²) in [4.78, 5) is 35.3.